The van der Waals surface area contributed by atoms with Crippen LogP contribution in [0.2, 0.25) is 25.1 Å². The SMILES string of the molecule is C.C.C.C.C.CN(C(=O)OC(C)(C)C)c1cc(F)c(Br)c2c1[nH]c1ncc(Cl)cc12.COc1c(F)cc(N(C)C(=O)OC(C)(C)C)c2[nH]c3[nH+]cc(Cl)cc3c12.COc1c(F)cc(N(C)C(=O)OC(C)(C)C)c2[nH]c3ncc(Cl)c(Cl)c3c12.COc1c(F)cc(N(C)C(=O)OC(C)(C)C)c2[nH]c3ncc(Cl)cc3c12.O=P(Cl)(Cl)Cl.[OH-]. The molecule has 12 rings (SSSR count). The van der Waals surface area contributed by atoms with Crippen LogP contribution in [0.4, 0.5) is 59.5 Å². The first-order valence-corrected chi connectivity index (χ1v) is 39.2. The van der Waals surface area contributed by atoms with Gasteiger partial charge in [0.1, 0.15) is 51.4 Å². The Kier molecular flexibility index (Phi) is 35.7. The number of amides is 4. The molecule has 0 atom stereocenters. The number of hydrogen-bond donors (Lipinski definition) is 4. The van der Waals surface area contributed by atoms with Gasteiger partial charge < -0.3 is 53.6 Å². The molecule has 4 aromatic carbocycles. The number of nitrogens with zero attached hydrogens (tertiary/aromatic N) is 7. The normalized spacial score (nSPS) is 11.2. The monoisotopic (exact) mass is 1850 g/mol. The largest absolute Gasteiger partial charge is 0.870 e. The fourth-order valence-electron chi connectivity index (χ4n) is 10.9. The van der Waals surface area contributed by atoms with Crippen LogP contribution in [0.15, 0.2) is 71.7 Å². The van der Waals surface area contributed by atoms with E-state index in [-0.39, 0.29) is 80.1 Å². The van der Waals surface area contributed by atoms with Crippen LogP contribution in [0.5, 0.6) is 17.2 Å². The number of rotatable bonds is 7. The Morgan fingerprint density at radius 1 is 0.435 bits per heavy atom. The summed E-state index contributed by atoms with van der Waals surface area (Å²) in [5, 5.41) is 2.71. The van der Waals surface area contributed by atoms with E-state index in [1.807, 2.05) is 0 Å². The van der Waals surface area contributed by atoms with Crippen LogP contribution in [-0.2, 0) is 23.5 Å². The molecule has 0 spiro atoms. The minimum Gasteiger partial charge on any atom is -0.870 e. The Morgan fingerprint density at radius 3 is 1.08 bits per heavy atom. The summed E-state index contributed by atoms with van der Waals surface area (Å²) in [6.07, 6.45) is 3.57. The first kappa shape index (κ1) is 103. The van der Waals surface area contributed by atoms with Crippen molar-refractivity contribution in [3.05, 3.63) is 120 Å². The highest BCUT2D eigenvalue weighted by Gasteiger charge is 2.33. The van der Waals surface area contributed by atoms with E-state index >= 15 is 0 Å². The van der Waals surface area contributed by atoms with Crippen molar-refractivity contribution in [1.29, 1.82) is 0 Å². The lowest BCUT2D eigenvalue weighted by Crippen LogP contribution is -2.34. The molecular weight excluding hydrogens is 1760 g/mol. The van der Waals surface area contributed by atoms with Crippen LogP contribution in [0.1, 0.15) is 120 Å². The van der Waals surface area contributed by atoms with Crippen LogP contribution in [-0.4, -0.2) is 137 Å². The number of benzene rings is 4. The maximum absolute atomic E-state index is 14.8. The molecular formula is C76H94BrCl8F4N12O13P. The molecule has 25 nitrogen and oxygen atoms in total. The minimum absolute atomic E-state index is 0. The third-order valence-corrected chi connectivity index (χ3v) is 17.4. The van der Waals surface area contributed by atoms with Gasteiger partial charge in [-0.3, -0.25) is 24.2 Å². The molecule has 0 saturated carbocycles. The first-order valence-electron chi connectivity index (χ1n) is 32.1. The number of hydrogen-bond acceptors (Lipinski definition) is 16. The van der Waals surface area contributed by atoms with Crippen molar-refractivity contribution in [2.75, 3.05) is 69.1 Å². The third-order valence-electron chi connectivity index (χ3n) is 15.2. The summed E-state index contributed by atoms with van der Waals surface area (Å²) >= 11 is 47.7. The molecule has 0 bridgehead atoms. The number of carbonyl (C=O) groups excluding carboxylic acids is 4. The van der Waals surface area contributed by atoms with Crippen LogP contribution >= 0.6 is 113 Å². The molecule has 12 aromatic rings. The Labute approximate surface area is 711 Å². The van der Waals surface area contributed by atoms with E-state index in [2.05, 4.69) is 89.5 Å². The molecule has 0 radical (unpaired) electrons. The standard InChI is InChI=1S/C18H18Cl2FN3O3.2C18H19ClFN3O3.C17H16BrClFN3O2.5CH4.Cl3OP.H2O/c1-18(2,3)27-17(25)24(4)10-6-9(21)15(26-5)12-11-13(20)8(19)7-22-16(11)23-14(10)12;2*1-18(2,3)26-17(24)23(4)12-7-11(20)15(25-5)13-10-6-9(19)8-21-16(10)22-14(12)13;1-17(2,3)25-16(24)23(4)11-6-10(20)13(18)12-9-5-8(19)7-21-15(9)22-14(11)12;;;;;;1-5(2,3)4;/h6-7H,1-5H3,(H,22,23);2*6-8H,1-5H3,(H,21,22);5-7H,1-4H3,(H,21,22);5*1H4;;1H2. The number of nitrogens with one attached hydrogen (secondary N) is 5. The number of anilines is 4. The van der Waals surface area contributed by atoms with Crippen molar-refractivity contribution in [3.8, 4) is 17.2 Å². The lowest BCUT2D eigenvalue weighted by Gasteiger charge is -2.25. The second kappa shape index (κ2) is 39.9. The van der Waals surface area contributed by atoms with E-state index in [9.17, 15) is 41.3 Å². The Hall–Kier alpha value is -8.13. The van der Waals surface area contributed by atoms with Gasteiger partial charge in [0.15, 0.2) is 40.2 Å². The van der Waals surface area contributed by atoms with Gasteiger partial charge in [-0.1, -0.05) is 95.1 Å². The van der Waals surface area contributed by atoms with Gasteiger partial charge in [0, 0.05) is 87.2 Å². The van der Waals surface area contributed by atoms with E-state index in [1.54, 1.807) is 107 Å². The number of aromatic nitrogens is 8. The fourth-order valence-corrected chi connectivity index (χ4v) is 12.2. The average Bonchev–Trinajstić information content (AvgIpc) is 1.59. The predicted molar refractivity (Wildman–Crippen MR) is 465 cm³/mol. The summed E-state index contributed by atoms with van der Waals surface area (Å²) in [4.78, 5) is 82.9. The zero-order valence-corrected chi connectivity index (χ0v) is 70.7. The molecule has 0 aliphatic rings. The van der Waals surface area contributed by atoms with Gasteiger partial charge >= 0.3 is 29.6 Å². The Balaban J connectivity index is 0.000000501. The number of halogens is 13. The topological polar surface area (TPSA) is 309 Å². The lowest BCUT2D eigenvalue weighted by molar-refractivity contribution is -0.347. The molecule has 8 heterocycles. The maximum atomic E-state index is 14.8. The highest BCUT2D eigenvalue weighted by molar-refractivity contribution is 9.10. The number of pyridine rings is 4. The van der Waals surface area contributed by atoms with Crippen molar-refractivity contribution in [2.45, 2.75) is 143 Å². The predicted octanol–water partition coefficient (Wildman–Crippen LogP) is 26.2. The average molecular weight is 1850 g/mol. The van der Waals surface area contributed by atoms with Crippen molar-refractivity contribution in [3.63, 3.8) is 0 Å². The zero-order chi connectivity index (χ0) is 81.6. The van der Waals surface area contributed by atoms with Gasteiger partial charge in [-0.05, 0) is 151 Å². The first-order chi connectivity index (χ1) is 50.4. The van der Waals surface area contributed by atoms with Gasteiger partial charge in [-0.2, -0.15) is 0 Å². The lowest BCUT2D eigenvalue weighted by atomic mass is 10.1. The van der Waals surface area contributed by atoms with Crippen molar-refractivity contribution >= 4 is 248 Å². The molecule has 0 aliphatic heterocycles. The van der Waals surface area contributed by atoms with Crippen molar-refractivity contribution < 1.29 is 84.9 Å². The molecule has 0 aliphatic carbocycles. The van der Waals surface area contributed by atoms with Crippen LogP contribution < -0.4 is 38.8 Å². The number of methoxy groups -OCH3 is 3. The summed E-state index contributed by atoms with van der Waals surface area (Å²) in [7, 11) is 10.2. The van der Waals surface area contributed by atoms with Gasteiger partial charge in [0.2, 0.25) is 0 Å². The second-order valence-corrected chi connectivity index (χ2v) is 37.4. The number of H-pyrrole nitrogens is 5. The number of fused-ring (bicyclic) bond motifs is 12. The molecule has 115 heavy (non-hydrogen) atoms. The molecule has 8 aromatic heterocycles. The second-order valence-electron chi connectivity index (χ2n) is 27.8. The Morgan fingerprint density at radius 2 is 0.722 bits per heavy atom. The van der Waals surface area contributed by atoms with E-state index in [1.165, 1.54) is 112 Å². The molecule has 0 fully saturated rings. The summed E-state index contributed by atoms with van der Waals surface area (Å²) in [5.74, 6) is -2.26. The zero-order valence-electron chi connectivity index (χ0n) is 62.2. The fraction of sp³-hybridized carbons (Fsp3) is 0.368. The van der Waals surface area contributed by atoms with E-state index in [0.29, 0.717) is 120 Å². The van der Waals surface area contributed by atoms with Crippen molar-refractivity contribution in [2.24, 2.45) is 0 Å². The smallest absolute Gasteiger partial charge is 0.414 e. The molecule has 632 valence electrons. The number of carbonyl (C=O) groups is 4. The van der Waals surface area contributed by atoms with Crippen LogP contribution in [0, 0.1) is 23.3 Å². The van der Waals surface area contributed by atoms with Gasteiger partial charge in [-0.25, -0.2) is 61.7 Å². The van der Waals surface area contributed by atoms with Gasteiger partial charge in [0.05, 0.1) is 117 Å². The minimum atomic E-state index is -3.22. The number of aromatic amines is 5. The maximum Gasteiger partial charge on any atom is 0.414 e. The quantitative estimate of drug-likeness (QED) is 0.0654. The molecule has 0 saturated heterocycles. The van der Waals surface area contributed by atoms with Crippen molar-refractivity contribution in [1.82, 2.24) is 34.9 Å². The van der Waals surface area contributed by atoms with E-state index in [0.717, 1.165) is 0 Å². The summed E-state index contributed by atoms with van der Waals surface area (Å²) in [5.41, 5.74) is 2.62. The van der Waals surface area contributed by atoms with E-state index < -0.39 is 75.2 Å². The molecule has 4 amide bonds. The van der Waals surface area contributed by atoms with Crippen LogP contribution in [0.3, 0.4) is 0 Å². The molecule has 0 unspecified atom stereocenters. The van der Waals surface area contributed by atoms with Crippen LogP contribution in [0.25, 0.3) is 87.7 Å². The summed E-state index contributed by atoms with van der Waals surface area (Å²) < 4.78 is 106. The third kappa shape index (κ3) is 24.1. The highest BCUT2D eigenvalue weighted by Crippen LogP contribution is 2.61. The number of ether oxygens (including phenoxy) is 7. The Bertz CT molecular complexity index is 5440. The highest BCUT2D eigenvalue weighted by atomic mass is 79.9. The summed E-state index contributed by atoms with van der Waals surface area (Å²) in [6, 6.07) is 9.99. The van der Waals surface area contributed by atoms with E-state index in [4.69, 9.17) is 91.2 Å². The molecule has 6 N–H and O–H groups in total. The molecule has 39 heteroatoms. The van der Waals surface area contributed by atoms with Gasteiger partial charge in [-0.15, -0.1) is 0 Å². The van der Waals surface area contributed by atoms with Gasteiger partial charge in [0.25, 0.3) is 5.65 Å². The summed E-state index contributed by atoms with van der Waals surface area (Å²) in [6.45, 7) is 21.1.